The first-order chi connectivity index (χ1) is 30.3. The molecule has 4 aromatic carbocycles. The van der Waals surface area contributed by atoms with Crippen molar-refractivity contribution in [3.63, 3.8) is 0 Å². The zero-order valence-electron chi connectivity index (χ0n) is 37.0. The predicted molar refractivity (Wildman–Crippen MR) is 249 cm³/mol. The van der Waals surface area contributed by atoms with Crippen molar-refractivity contribution >= 4 is 59.1 Å². The molecular formula is C48H55F2N7O5S2. The van der Waals surface area contributed by atoms with Crippen LogP contribution in [-0.4, -0.2) is 119 Å². The van der Waals surface area contributed by atoms with E-state index < -0.39 is 57.3 Å². The van der Waals surface area contributed by atoms with Crippen molar-refractivity contribution in [2.24, 2.45) is 11.8 Å². The van der Waals surface area contributed by atoms with Crippen LogP contribution in [0.1, 0.15) is 37.7 Å². The Bertz CT molecular complexity index is 2960. The van der Waals surface area contributed by atoms with Gasteiger partial charge in [-0.15, -0.1) is 0 Å². The van der Waals surface area contributed by atoms with E-state index in [4.69, 9.17) is 0 Å². The maximum atomic E-state index is 14.2. The highest BCUT2D eigenvalue weighted by Gasteiger charge is 2.49. The van der Waals surface area contributed by atoms with Gasteiger partial charge in [-0.1, -0.05) is 30.3 Å². The Kier molecular flexibility index (Phi) is 11.2. The fourth-order valence-corrected chi connectivity index (χ4v) is 11.9. The molecule has 0 spiro atoms. The number of nitrogens with one attached hydrogen (secondary N) is 2. The Hall–Kier alpha value is -5.29. The summed E-state index contributed by atoms with van der Waals surface area (Å²) in [6.07, 6.45) is 2.12. The van der Waals surface area contributed by atoms with Gasteiger partial charge >= 0.3 is 0 Å². The normalized spacial score (nSPS) is 20.1. The van der Waals surface area contributed by atoms with Crippen LogP contribution >= 0.6 is 0 Å². The van der Waals surface area contributed by atoms with Crippen LogP contribution in [0.5, 0.6) is 0 Å². The van der Waals surface area contributed by atoms with Crippen LogP contribution in [-0.2, 0) is 24.8 Å². The number of amides is 1. The summed E-state index contributed by atoms with van der Waals surface area (Å²) in [7, 11) is 0.0791. The topological polar surface area (TPSA) is 133 Å². The summed E-state index contributed by atoms with van der Waals surface area (Å²) < 4.78 is 84.3. The molecule has 6 aromatic rings. The Labute approximate surface area is 373 Å². The molecule has 3 heterocycles. The number of para-hydroxylation sites is 1. The van der Waals surface area contributed by atoms with Gasteiger partial charge in [0.2, 0.25) is 26.0 Å². The minimum Gasteiger partial charge on any atom is -0.374 e. The summed E-state index contributed by atoms with van der Waals surface area (Å²) in [6, 6.07) is 28.4. The molecule has 1 aliphatic heterocycles. The van der Waals surface area contributed by atoms with Crippen LogP contribution in [0, 0.1) is 18.8 Å². The fourth-order valence-electron chi connectivity index (χ4n) is 9.79. The molecule has 16 heteroatoms. The lowest BCUT2D eigenvalue weighted by Crippen LogP contribution is -2.53. The third kappa shape index (κ3) is 8.18. The number of nitrogens with zero attached hydrogens (tertiary/aromatic N) is 5. The standard InChI is InChI=1S/C48H55F2N7O5S2/c1-30-13-14-32-23-43(52-41(32)20-30)39-25-36(64(61,62)55(5)29-47(58)56(6)34-26-48(49,50)27-34)16-18-46(39)57-19-9-12-45(57)37-21-33(37)28-54(4)44-17-15-35(63(59,60)53(2)3)24-38(44)42-22-31-10-7-8-11-40(31)51-42/h7-8,10-11,13-18,20,22-25,33-34,37,45,51-52H,9,12,19,21,26-29H2,1-6H3. The number of carbonyl (C=O) groups is 1. The van der Waals surface area contributed by atoms with E-state index in [1.165, 1.54) is 37.4 Å². The minimum atomic E-state index is -4.16. The first-order valence-electron chi connectivity index (χ1n) is 21.8. The molecule has 9 rings (SSSR count). The number of sulfonamides is 2. The second kappa shape index (κ2) is 16.3. The lowest BCUT2D eigenvalue weighted by Gasteiger charge is -2.41. The highest BCUT2D eigenvalue weighted by Crippen LogP contribution is 2.50. The molecule has 2 saturated carbocycles. The first kappa shape index (κ1) is 43.9. The number of anilines is 2. The number of halogens is 2. The second-order valence-corrected chi connectivity index (χ2v) is 22.5. The van der Waals surface area contributed by atoms with Crippen molar-refractivity contribution in [1.29, 1.82) is 0 Å². The van der Waals surface area contributed by atoms with E-state index in [2.05, 4.69) is 38.9 Å². The summed E-state index contributed by atoms with van der Waals surface area (Å²) in [5.74, 6) is -2.60. The number of fused-ring (bicyclic) bond motifs is 2. The van der Waals surface area contributed by atoms with E-state index in [1.807, 2.05) is 61.5 Å². The highest BCUT2D eigenvalue weighted by molar-refractivity contribution is 7.89. The number of alkyl halides is 2. The Morgan fingerprint density at radius 1 is 0.781 bits per heavy atom. The average Bonchev–Trinajstić information content (AvgIpc) is 3.58. The van der Waals surface area contributed by atoms with E-state index in [9.17, 15) is 30.4 Å². The molecule has 2 aliphatic carbocycles. The average molecular weight is 912 g/mol. The molecule has 1 amide bonds. The van der Waals surface area contributed by atoms with Gasteiger partial charge in [-0.25, -0.2) is 29.9 Å². The molecule has 2 N–H and O–H groups in total. The molecular weight excluding hydrogens is 857 g/mol. The van der Waals surface area contributed by atoms with Gasteiger partial charge < -0.3 is 24.7 Å². The van der Waals surface area contributed by atoms with Crippen molar-refractivity contribution in [3.05, 3.63) is 96.6 Å². The number of rotatable bonds is 14. The van der Waals surface area contributed by atoms with Gasteiger partial charge in [0.25, 0.3) is 5.92 Å². The number of aromatic nitrogens is 2. The van der Waals surface area contributed by atoms with Crippen LogP contribution in [0.15, 0.2) is 101 Å². The zero-order valence-corrected chi connectivity index (χ0v) is 38.6. The molecule has 0 radical (unpaired) electrons. The Balaban J connectivity index is 0.989. The highest BCUT2D eigenvalue weighted by atomic mass is 32.2. The number of carbonyl (C=O) groups excluding carboxylic acids is 1. The molecule has 1 saturated heterocycles. The molecule has 12 nitrogen and oxygen atoms in total. The van der Waals surface area contributed by atoms with Gasteiger partial charge in [-0.05, 0) is 104 Å². The van der Waals surface area contributed by atoms with E-state index in [-0.39, 0.29) is 15.8 Å². The maximum absolute atomic E-state index is 14.2. The molecule has 3 fully saturated rings. The molecule has 0 bridgehead atoms. The SMILES string of the molecule is Cc1ccc2cc(-c3cc(S(=O)(=O)N(C)CC(=O)N(C)C4CC(F)(F)C4)ccc3N3CCCC3C3CC3CN(C)c3ccc(S(=O)(=O)N(C)C)cc3-c3cc4ccccc4[nH]3)[nH]c2c1. The van der Waals surface area contributed by atoms with Crippen molar-refractivity contribution in [1.82, 2.24) is 23.5 Å². The Morgan fingerprint density at radius 2 is 1.44 bits per heavy atom. The number of aryl methyl sites for hydroxylation is 1. The summed E-state index contributed by atoms with van der Waals surface area (Å²) in [4.78, 5) is 26.3. The number of H-pyrrole nitrogens is 2. The van der Waals surface area contributed by atoms with Gasteiger partial charge in [0.15, 0.2) is 0 Å². The molecule has 3 atom stereocenters. The predicted octanol–water partition coefficient (Wildman–Crippen LogP) is 8.16. The van der Waals surface area contributed by atoms with E-state index in [1.54, 1.807) is 24.3 Å². The lowest BCUT2D eigenvalue weighted by atomic mass is 9.87. The smallest absolute Gasteiger partial charge is 0.252 e. The van der Waals surface area contributed by atoms with Crippen molar-refractivity contribution < 1.29 is 30.4 Å². The van der Waals surface area contributed by atoms with Gasteiger partial charge in [-0.2, -0.15) is 4.31 Å². The molecule has 3 unspecified atom stereocenters. The van der Waals surface area contributed by atoms with Crippen molar-refractivity contribution in [3.8, 4) is 22.5 Å². The fraction of sp³-hybridized carbons (Fsp3) is 0.396. The second-order valence-electron chi connectivity index (χ2n) is 18.3. The molecule has 3 aliphatic rings. The third-order valence-corrected chi connectivity index (χ3v) is 17.3. The van der Waals surface area contributed by atoms with Gasteiger partial charge in [0, 0.05) is 129 Å². The van der Waals surface area contributed by atoms with Crippen LogP contribution in [0.4, 0.5) is 20.2 Å². The summed E-state index contributed by atoms with van der Waals surface area (Å²) in [6.45, 7) is 3.11. The van der Waals surface area contributed by atoms with Crippen molar-refractivity contribution in [2.45, 2.75) is 66.8 Å². The largest absolute Gasteiger partial charge is 0.374 e. The van der Waals surface area contributed by atoms with Crippen LogP contribution in [0.25, 0.3) is 44.3 Å². The maximum Gasteiger partial charge on any atom is 0.252 e. The van der Waals surface area contributed by atoms with E-state index in [0.29, 0.717) is 11.8 Å². The van der Waals surface area contributed by atoms with E-state index >= 15 is 0 Å². The van der Waals surface area contributed by atoms with Crippen LogP contribution in [0.2, 0.25) is 0 Å². The van der Waals surface area contributed by atoms with Crippen LogP contribution < -0.4 is 9.80 Å². The number of aromatic amines is 2. The number of likely N-dealkylation sites (N-methyl/N-ethyl adjacent to an activating group) is 2. The number of benzene rings is 4. The first-order valence-corrected chi connectivity index (χ1v) is 24.6. The summed E-state index contributed by atoms with van der Waals surface area (Å²) >= 11 is 0. The van der Waals surface area contributed by atoms with Gasteiger partial charge in [-0.3, -0.25) is 4.79 Å². The van der Waals surface area contributed by atoms with Crippen molar-refractivity contribution in [2.75, 3.05) is 64.7 Å². The quantitative estimate of drug-likeness (QED) is 0.113. The number of hydrogen-bond acceptors (Lipinski definition) is 7. The van der Waals surface area contributed by atoms with E-state index in [0.717, 1.165) is 97.9 Å². The monoisotopic (exact) mass is 911 g/mol. The number of hydrogen-bond donors (Lipinski definition) is 2. The summed E-state index contributed by atoms with van der Waals surface area (Å²) in [5.41, 5.74) is 7.99. The van der Waals surface area contributed by atoms with Crippen LogP contribution in [0.3, 0.4) is 0 Å². The molecule has 64 heavy (non-hydrogen) atoms. The third-order valence-electron chi connectivity index (χ3n) is 13.7. The molecule has 2 aromatic heterocycles. The minimum absolute atomic E-state index is 0.0334. The van der Waals surface area contributed by atoms with Gasteiger partial charge in [0.05, 0.1) is 16.3 Å². The lowest BCUT2D eigenvalue weighted by molar-refractivity contribution is -0.150. The Morgan fingerprint density at radius 3 is 2.16 bits per heavy atom. The zero-order chi connectivity index (χ0) is 45.5. The summed E-state index contributed by atoms with van der Waals surface area (Å²) in [5, 5.41) is 2.03. The molecule has 338 valence electrons. The van der Waals surface area contributed by atoms with Gasteiger partial charge in [0.1, 0.15) is 0 Å².